The highest BCUT2D eigenvalue weighted by molar-refractivity contribution is 4.81. The Bertz CT molecular complexity index is 167. The monoisotopic (exact) mass is 200 g/mol. The van der Waals surface area contributed by atoms with Crippen molar-refractivity contribution in [1.82, 2.24) is 4.90 Å². The van der Waals surface area contributed by atoms with Crippen molar-refractivity contribution in [2.75, 3.05) is 26.2 Å². The molecule has 1 aliphatic rings. The summed E-state index contributed by atoms with van der Waals surface area (Å²) in [4.78, 5) is 2.32. The average molecular weight is 200 g/mol. The van der Waals surface area contributed by atoms with Crippen molar-refractivity contribution in [3.63, 3.8) is 0 Å². The van der Waals surface area contributed by atoms with Crippen LogP contribution in [-0.2, 0) is 0 Å². The van der Waals surface area contributed by atoms with Gasteiger partial charge in [0.1, 0.15) is 0 Å². The van der Waals surface area contributed by atoms with E-state index >= 15 is 0 Å². The van der Waals surface area contributed by atoms with E-state index in [1.54, 1.807) is 0 Å². The minimum absolute atomic E-state index is 0.341. The Balaban J connectivity index is 2.29. The highest BCUT2D eigenvalue weighted by atomic mass is 16.3. The van der Waals surface area contributed by atoms with Crippen LogP contribution in [0.3, 0.4) is 0 Å². The molecule has 84 valence electrons. The molecule has 1 unspecified atom stereocenters. The molecule has 0 radical (unpaired) electrons. The van der Waals surface area contributed by atoms with E-state index in [0.29, 0.717) is 13.1 Å². The van der Waals surface area contributed by atoms with Gasteiger partial charge < -0.3 is 15.7 Å². The number of likely N-dealkylation sites (N-methyl/N-ethyl adjacent to an activating group) is 1. The molecule has 3 nitrogen and oxygen atoms in total. The normalized spacial score (nSPS) is 22.1. The molecule has 3 N–H and O–H groups in total. The van der Waals surface area contributed by atoms with E-state index in [1.165, 1.54) is 19.3 Å². The van der Waals surface area contributed by atoms with Crippen LogP contribution in [0.25, 0.3) is 0 Å². The fourth-order valence-electron chi connectivity index (χ4n) is 1.89. The number of hydrogen-bond donors (Lipinski definition) is 2. The van der Waals surface area contributed by atoms with Crippen molar-refractivity contribution in [3.8, 4) is 0 Å². The summed E-state index contributed by atoms with van der Waals surface area (Å²) in [5.74, 6) is 0.864. The molecule has 0 spiro atoms. The SMILES string of the molecule is CCN(CC1CCC1)CC(C)(O)CN. The van der Waals surface area contributed by atoms with Gasteiger partial charge in [-0.1, -0.05) is 13.3 Å². The Hall–Kier alpha value is -0.120. The number of nitrogens with two attached hydrogens (primary N) is 1. The van der Waals surface area contributed by atoms with Crippen molar-refractivity contribution >= 4 is 0 Å². The molecule has 1 saturated carbocycles. The van der Waals surface area contributed by atoms with Gasteiger partial charge in [0.05, 0.1) is 5.60 Å². The molecule has 3 heteroatoms. The van der Waals surface area contributed by atoms with E-state index in [1.807, 2.05) is 6.92 Å². The fourth-order valence-corrected chi connectivity index (χ4v) is 1.89. The summed E-state index contributed by atoms with van der Waals surface area (Å²) in [7, 11) is 0. The predicted octanol–water partition coefficient (Wildman–Crippen LogP) is 0.818. The van der Waals surface area contributed by atoms with Gasteiger partial charge in [-0.25, -0.2) is 0 Å². The lowest BCUT2D eigenvalue weighted by atomic mass is 9.85. The van der Waals surface area contributed by atoms with Gasteiger partial charge in [-0.15, -0.1) is 0 Å². The quantitative estimate of drug-likeness (QED) is 0.667. The van der Waals surface area contributed by atoms with Crippen LogP contribution in [0.1, 0.15) is 33.1 Å². The Labute approximate surface area is 87.3 Å². The molecule has 1 fully saturated rings. The van der Waals surface area contributed by atoms with Gasteiger partial charge in [0.15, 0.2) is 0 Å². The van der Waals surface area contributed by atoms with E-state index in [9.17, 15) is 5.11 Å². The van der Waals surface area contributed by atoms with E-state index < -0.39 is 5.60 Å². The molecule has 0 amide bonds. The molecule has 0 saturated heterocycles. The summed E-state index contributed by atoms with van der Waals surface area (Å²) in [5, 5.41) is 9.86. The van der Waals surface area contributed by atoms with Gasteiger partial charge in [-0.05, 0) is 32.2 Å². The predicted molar refractivity (Wildman–Crippen MR) is 59.1 cm³/mol. The van der Waals surface area contributed by atoms with Gasteiger partial charge in [0, 0.05) is 19.6 Å². The zero-order chi connectivity index (χ0) is 10.6. The van der Waals surface area contributed by atoms with Gasteiger partial charge in [-0.3, -0.25) is 0 Å². The van der Waals surface area contributed by atoms with Crippen LogP contribution in [-0.4, -0.2) is 41.8 Å². The van der Waals surface area contributed by atoms with E-state index in [-0.39, 0.29) is 0 Å². The second-order valence-corrected chi connectivity index (χ2v) is 4.83. The van der Waals surface area contributed by atoms with Gasteiger partial charge in [-0.2, -0.15) is 0 Å². The molecule has 1 rings (SSSR count). The van der Waals surface area contributed by atoms with E-state index in [2.05, 4.69) is 11.8 Å². The maximum Gasteiger partial charge on any atom is 0.0867 e. The van der Waals surface area contributed by atoms with E-state index in [0.717, 1.165) is 19.0 Å². The second kappa shape index (κ2) is 5.10. The Kier molecular flexibility index (Phi) is 4.35. The van der Waals surface area contributed by atoms with Gasteiger partial charge in [0.2, 0.25) is 0 Å². The first kappa shape index (κ1) is 12.0. The lowest BCUT2D eigenvalue weighted by Gasteiger charge is -2.35. The molecule has 0 aromatic carbocycles. The highest BCUT2D eigenvalue weighted by Crippen LogP contribution is 2.27. The molecule has 0 bridgehead atoms. The Morgan fingerprint density at radius 1 is 1.50 bits per heavy atom. The number of nitrogens with zero attached hydrogens (tertiary/aromatic N) is 1. The lowest BCUT2D eigenvalue weighted by molar-refractivity contribution is 0.0199. The molecule has 0 aromatic rings. The first-order valence-corrected chi connectivity index (χ1v) is 5.72. The average Bonchev–Trinajstić information content (AvgIpc) is 2.09. The Morgan fingerprint density at radius 3 is 2.50 bits per heavy atom. The number of aliphatic hydroxyl groups is 1. The van der Waals surface area contributed by atoms with Gasteiger partial charge >= 0.3 is 0 Å². The third-order valence-electron chi connectivity index (χ3n) is 3.19. The van der Waals surface area contributed by atoms with Crippen molar-refractivity contribution in [2.24, 2.45) is 11.7 Å². The molecule has 0 aromatic heterocycles. The van der Waals surface area contributed by atoms with Crippen LogP contribution < -0.4 is 5.73 Å². The Morgan fingerprint density at radius 2 is 2.14 bits per heavy atom. The van der Waals surface area contributed by atoms with Crippen molar-refractivity contribution in [2.45, 2.75) is 38.7 Å². The number of rotatable bonds is 6. The smallest absolute Gasteiger partial charge is 0.0867 e. The number of hydrogen-bond acceptors (Lipinski definition) is 3. The summed E-state index contributed by atoms with van der Waals surface area (Å²) in [6.07, 6.45) is 4.11. The van der Waals surface area contributed by atoms with E-state index in [4.69, 9.17) is 5.73 Å². The van der Waals surface area contributed by atoms with Crippen LogP contribution in [0.15, 0.2) is 0 Å². The summed E-state index contributed by atoms with van der Waals surface area (Å²) in [6.45, 7) is 7.14. The van der Waals surface area contributed by atoms with Crippen LogP contribution in [0, 0.1) is 5.92 Å². The summed E-state index contributed by atoms with van der Waals surface area (Å²) in [5.41, 5.74) is 4.79. The molecule has 14 heavy (non-hydrogen) atoms. The zero-order valence-corrected chi connectivity index (χ0v) is 9.50. The van der Waals surface area contributed by atoms with Crippen molar-refractivity contribution in [3.05, 3.63) is 0 Å². The first-order valence-electron chi connectivity index (χ1n) is 5.72. The maximum atomic E-state index is 9.86. The third kappa shape index (κ3) is 3.56. The summed E-state index contributed by atoms with van der Waals surface area (Å²) < 4.78 is 0. The summed E-state index contributed by atoms with van der Waals surface area (Å²) in [6, 6.07) is 0. The maximum absolute atomic E-state index is 9.86. The molecular weight excluding hydrogens is 176 g/mol. The first-order chi connectivity index (χ1) is 6.57. The lowest BCUT2D eigenvalue weighted by Crippen LogP contribution is -2.47. The molecule has 1 atom stereocenters. The molecule has 1 aliphatic carbocycles. The third-order valence-corrected chi connectivity index (χ3v) is 3.19. The molecule has 0 heterocycles. The largest absolute Gasteiger partial charge is 0.388 e. The van der Waals surface area contributed by atoms with Crippen molar-refractivity contribution < 1.29 is 5.11 Å². The second-order valence-electron chi connectivity index (χ2n) is 4.83. The molecule has 0 aliphatic heterocycles. The zero-order valence-electron chi connectivity index (χ0n) is 9.50. The highest BCUT2D eigenvalue weighted by Gasteiger charge is 2.25. The standard InChI is InChI=1S/C11H24N2O/c1-3-13(7-10-5-4-6-10)9-11(2,14)8-12/h10,14H,3-9,12H2,1-2H3. The van der Waals surface area contributed by atoms with Crippen LogP contribution in [0.2, 0.25) is 0 Å². The summed E-state index contributed by atoms with van der Waals surface area (Å²) >= 11 is 0. The van der Waals surface area contributed by atoms with Crippen LogP contribution >= 0.6 is 0 Å². The fraction of sp³-hybridized carbons (Fsp3) is 1.00. The minimum Gasteiger partial charge on any atom is -0.388 e. The molecular formula is C11H24N2O. The van der Waals surface area contributed by atoms with Crippen LogP contribution in [0.4, 0.5) is 0 Å². The van der Waals surface area contributed by atoms with Gasteiger partial charge in [0.25, 0.3) is 0 Å². The van der Waals surface area contributed by atoms with Crippen molar-refractivity contribution in [1.29, 1.82) is 0 Å². The minimum atomic E-state index is -0.722. The topological polar surface area (TPSA) is 49.5 Å². The van der Waals surface area contributed by atoms with Crippen LogP contribution in [0.5, 0.6) is 0 Å².